The molecule has 0 aliphatic carbocycles. The Kier molecular flexibility index (Phi) is 4.72. The van der Waals surface area contributed by atoms with Crippen molar-refractivity contribution in [3.8, 4) is 5.75 Å². The third kappa shape index (κ3) is 3.70. The standard InChI is InChI=1S/C12H15NO6S/c1-7(12(15)16)13-11(14)9-6-8(20(3,17)18)4-5-10(9)19-2/h4-7H,1-3H3,(H,13,14)(H,15,16)/t7-/m0/s1. The van der Waals surface area contributed by atoms with E-state index in [1.807, 2.05) is 0 Å². The molecule has 0 heterocycles. The van der Waals surface area contributed by atoms with Crippen LogP contribution in [-0.2, 0) is 14.6 Å². The maximum atomic E-state index is 12.0. The van der Waals surface area contributed by atoms with Crippen LogP contribution < -0.4 is 10.1 Å². The van der Waals surface area contributed by atoms with Gasteiger partial charge in [-0.05, 0) is 25.1 Å². The number of sulfone groups is 1. The topological polar surface area (TPSA) is 110 Å². The van der Waals surface area contributed by atoms with Gasteiger partial charge < -0.3 is 15.2 Å². The summed E-state index contributed by atoms with van der Waals surface area (Å²) in [5, 5.41) is 11.0. The first-order valence-electron chi connectivity index (χ1n) is 5.58. The predicted molar refractivity (Wildman–Crippen MR) is 70.7 cm³/mol. The number of methoxy groups -OCH3 is 1. The molecule has 8 heteroatoms. The fourth-order valence-electron chi connectivity index (χ4n) is 1.43. The van der Waals surface area contributed by atoms with Crippen molar-refractivity contribution in [2.45, 2.75) is 17.9 Å². The monoisotopic (exact) mass is 301 g/mol. The Labute approximate surface area is 116 Å². The number of aliphatic carboxylic acids is 1. The molecule has 0 aromatic heterocycles. The van der Waals surface area contributed by atoms with Crippen molar-refractivity contribution in [3.63, 3.8) is 0 Å². The average molecular weight is 301 g/mol. The molecule has 0 radical (unpaired) electrons. The number of hydrogen-bond donors (Lipinski definition) is 2. The van der Waals surface area contributed by atoms with E-state index in [0.29, 0.717) is 0 Å². The van der Waals surface area contributed by atoms with Gasteiger partial charge in [-0.3, -0.25) is 9.59 Å². The molecule has 1 aromatic carbocycles. The van der Waals surface area contributed by atoms with Gasteiger partial charge in [0.15, 0.2) is 9.84 Å². The second-order valence-electron chi connectivity index (χ2n) is 4.17. The summed E-state index contributed by atoms with van der Waals surface area (Å²) in [7, 11) is -2.15. The van der Waals surface area contributed by atoms with Gasteiger partial charge in [-0.15, -0.1) is 0 Å². The van der Waals surface area contributed by atoms with E-state index in [2.05, 4.69) is 5.32 Å². The lowest BCUT2D eigenvalue weighted by Crippen LogP contribution is -2.38. The van der Waals surface area contributed by atoms with E-state index < -0.39 is 27.8 Å². The van der Waals surface area contributed by atoms with Crippen LogP contribution in [0.5, 0.6) is 5.75 Å². The highest BCUT2D eigenvalue weighted by Crippen LogP contribution is 2.22. The number of ether oxygens (including phenoxy) is 1. The molecule has 110 valence electrons. The zero-order chi connectivity index (χ0) is 15.5. The molecule has 0 bridgehead atoms. The second-order valence-corrected chi connectivity index (χ2v) is 6.18. The maximum Gasteiger partial charge on any atom is 0.325 e. The van der Waals surface area contributed by atoms with E-state index in [0.717, 1.165) is 12.3 Å². The molecule has 0 saturated carbocycles. The van der Waals surface area contributed by atoms with Crippen LogP contribution in [-0.4, -0.2) is 44.8 Å². The molecule has 20 heavy (non-hydrogen) atoms. The minimum atomic E-state index is -3.48. The van der Waals surface area contributed by atoms with E-state index in [1.54, 1.807) is 0 Å². The van der Waals surface area contributed by atoms with Crippen LogP contribution in [0.4, 0.5) is 0 Å². The molecule has 0 aliphatic rings. The summed E-state index contributed by atoms with van der Waals surface area (Å²) in [4.78, 5) is 22.6. The van der Waals surface area contributed by atoms with Crippen LogP contribution in [0, 0.1) is 0 Å². The number of nitrogens with one attached hydrogen (secondary N) is 1. The first-order valence-corrected chi connectivity index (χ1v) is 7.47. The molecule has 1 amide bonds. The van der Waals surface area contributed by atoms with Crippen molar-refractivity contribution in [2.24, 2.45) is 0 Å². The Morgan fingerprint density at radius 3 is 2.40 bits per heavy atom. The molecule has 0 fully saturated rings. The molecule has 0 unspecified atom stereocenters. The summed E-state index contributed by atoms with van der Waals surface area (Å²) in [5.74, 6) is -1.76. The lowest BCUT2D eigenvalue weighted by Gasteiger charge is -2.13. The normalized spacial score (nSPS) is 12.6. The number of rotatable bonds is 5. The highest BCUT2D eigenvalue weighted by atomic mass is 32.2. The quantitative estimate of drug-likeness (QED) is 0.809. The van der Waals surface area contributed by atoms with Gasteiger partial charge in [-0.1, -0.05) is 0 Å². The number of hydrogen-bond acceptors (Lipinski definition) is 5. The Morgan fingerprint density at radius 1 is 1.35 bits per heavy atom. The lowest BCUT2D eigenvalue weighted by atomic mass is 10.1. The fraction of sp³-hybridized carbons (Fsp3) is 0.333. The summed E-state index contributed by atoms with van der Waals surface area (Å²) < 4.78 is 27.9. The smallest absolute Gasteiger partial charge is 0.325 e. The molecule has 7 nitrogen and oxygen atoms in total. The van der Waals surface area contributed by atoms with Crippen LogP contribution in [0.25, 0.3) is 0 Å². The Morgan fingerprint density at radius 2 is 1.95 bits per heavy atom. The number of amides is 1. The maximum absolute atomic E-state index is 12.0. The molecule has 0 saturated heterocycles. The third-order valence-electron chi connectivity index (χ3n) is 2.56. The first-order chi connectivity index (χ1) is 9.16. The van der Waals surface area contributed by atoms with Gasteiger partial charge in [0, 0.05) is 6.26 Å². The zero-order valence-corrected chi connectivity index (χ0v) is 12.0. The molecule has 1 aromatic rings. The Bertz CT molecular complexity index is 637. The van der Waals surface area contributed by atoms with Crippen molar-refractivity contribution in [3.05, 3.63) is 23.8 Å². The average Bonchev–Trinajstić information content (AvgIpc) is 2.36. The highest BCUT2D eigenvalue weighted by molar-refractivity contribution is 7.90. The van der Waals surface area contributed by atoms with Gasteiger partial charge in [0.05, 0.1) is 17.6 Å². The van der Waals surface area contributed by atoms with Gasteiger partial charge in [0.2, 0.25) is 0 Å². The van der Waals surface area contributed by atoms with E-state index in [-0.39, 0.29) is 16.2 Å². The molecule has 2 N–H and O–H groups in total. The first kappa shape index (κ1) is 16.0. The van der Waals surface area contributed by atoms with Crippen LogP contribution in [0.1, 0.15) is 17.3 Å². The molecule has 0 aliphatic heterocycles. The SMILES string of the molecule is COc1ccc(S(C)(=O)=O)cc1C(=O)N[C@@H](C)C(=O)O. The molecular formula is C12H15NO6S. The minimum Gasteiger partial charge on any atom is -0.496 e. The van der Waals surface area contributed by atoms with E-state index in [1.165, 1.54) is 26.2 Å². The van der Waals surface area contributed by atoms with Crippen molar-refractivity contribution in [1.29, 1.82) is 0 Å². The van der Waals surface area contributed by atoms with E-state index in [9.17, 15) is 18.0 Å². The van der Waals surface area contributed by atoms with Crippen LogP contribution in [0.3, 0.4) is 0 Å². The van der Waals surface area contributed by atoms with Crippen molar-refractivity contribution >= 4 is 21.7 Å². The summed E-state index contributed by atoms with van der Waals surface area (Å²) >= 11 is 0. The molecular weight excluding hydrogens is 286 g/mol. The number of carbonyl (C=O) groups is 2. The third-order valence-corrected chi connectivity index (χ3v) is 3.67. The van der Waals surface area contributed by atoms with Crippen molar-refractivity contribution < 1.29 is 27.9 Å². The largest absolute Gasteiger partial charge is 0.496 e. The van der Waals surface area contributed by atoms with Gasteiger partial charge in [-0.25, -0.2) is 8.42 Å². The van der Waals surface area contributed by atoms with Crippen LogP contribution in [0.2, 0.25) is 0 Å². The predicted octanol–water partition coefficient (Wildman–Crippen LogP) is 0.302. The Balaban J connectivity index is 3.21. The molecule has 0 spiro atoms. The van der Waals surface area contributed by atoms with Gasteiger partial charge in [0.1, 0.15) is 11.8 Å². The van der Waals surface area contributed by atoms with E-state index in [4.69, 9.17) is 9.84 Å². The second kappa shape index (κ2) is 5.91. The summed E-state index contributed by atoms with van der Waals surface area (Å²) in [6.07, 6.45) is 1.01. The highest BCUT2D eigenvalue weighted by Gasteiger charge is 2.20. The van der Waals surface area contributed by atoms with Crippen molar-refractivity contribution in [1.82, 2.24) is 5.32 Å². The van der Waals surface area contributed by atoms with E-state index >= 15 is 0 Å². The summed E-state index contributed by atoms with van der Waals surface area (Å²) in [6, 6.07) is 2.70. The van der Waals surface area contributed by atoms with Crippen LogP contribution in [0.15, 0.2) is 23.1 Å². The van der Waals surface area contributed by atoms with Gasteiger partial charge >= 0.3 is 5.97 Å². The lowest BCUT2D eigenvalue weighted by molar-refractivity contribution is -0.138. The zero-order valence-electron chi connectivity index (χ0n) is 11.2. The molecule has 1 atom stereocenters. The Hall–Kier alpha value is -2.09. The van der Waals surface area contributed by atoms with Gasteiger partial charge in [0.25, 0.3) is 5.91 Å². The minimum absolute atomic E-state index is 0.0384. The van der Waals surface area contributed by atoms with Crippen molar-refractivity contribution in [2.75, 3.05) is 13.4 Å². The summed E-state index contributed by atoms with van der Waals surface area (Å²) in [5.41, 5.74) is -0.0384. The number of carboxylic acids is 1. The summed E-state index contributed by atoms with van der Waals surface area (Å²) in [6.45, 7) is 1.30. The van der Waals surface area contributed by atoms with Crippen LogP contribution >= 0.6 is 0 Å². The van der Waals surface area contributed by atoms with Gasteiger partial charge in [-0.2, -0.15) is 0 Å². The fourth-order valence-corrected chi connectivity index (χ4v) is 2.08. The number of benzene rings is 1. The molecule has 1 rings (SSSR count). The number of carboxylic acid groups (broad SMARTS) is 1. The number of carbonyl (C=O) groups excluding carboxylic acids is 1.